The third-order valence-corrected chi connectivity index (χ3v) is 8.65. The summed E-state index contributed by atoms with van der Waals surface area (Å²) in [5, 5.41) is 15.4. The van der Waals surface area contributed by atoms with Crippen LogP contribution in [-0.2, 0) is 11.3 Å². The highest BCUT2D eigenvalue weighted by Crippen LogP contribution is 2.31. The van der Waals surface area contributed by atoms with Crippen LogP contribution in [0.2, 0.25) is 0 Å². The first-order valence-electron chi connectivity index (χ1n) is 16.8. The number of aromatic nitrogens is 1. The highest BCUT2D eigenvalue weighted by Gasteiger charge is 2.25. The van der Waals surface area contributed by atoms with E-state index < -0.39 is 0 Å². The van der Waals surface area contributed by atoms with Crippen molar-refractivity contribution in [3.05, 3.63) is 96.5 Å². The summed E-state index contributed by atoms with van der Waals surface area (Å²) in [6.07, 6.45) is 9.41. The van der Waals surface area contributed by atoms with Crippen molar-refractivity contribution >= 4 is 34.3 Å². The molecular weight excluding hydrogens is 598 g/mol. The predicted molar refractivity (Wildman–Crippen MR) is 199 cm³/mol. The molecule has 0 radical (unpaired) electrons. The maximum Gasteiger partial charge on any atom is 0.248 e. The van der Waals surface area contributed by atoms with Gasteiger partial charge in [-0.3, -0.25) is 20.1 Å². The molecule has 10 nitrogen and oxygen atoms in total. The fourth-order valence-electron chi connectivity index (χ4n) is 5.98. The topological polar surface area (TPSA) is 109 Å². The monoisotopic (exact) mass is 647 g/mol. The maximum absolute atomic E-state index is 12.5. The number of fused-ring (bicyclic) bond motifs is 1. The summed E-state index contributed by atoms with van der Waals surface area (Å²) in [4.78, 5) is 31.4. The van der Waals surface area contributed by atoms with Gasteiger partial charge in [-0.15, -0.1) is 0 Å². The number of hydrogen-bond donors (Lipinski definition) is 4. The molecule has 0 unspecified atom stereocenters. The second-order valence-corrected chi connectivity index (χ2v) is 12.9. The van der Waals surface area contributed by atoms with Crippen molar-refractivity contribution in [1.82, 2.24) is 30.7 Å². The lowest BCUT2D eigenvalue weighted by Crippen LogP contribution is -2.56. The van der Waals surface area contributed by atoms with E-state index in [2.05, 4.69) is 53.8 Å². The van der Waals surface area contributed by atoms with Crippen LogP contribution in [-0.4, -0.2) is 79.9 Å². The number of nitrogens with one attached hydrogen (secondary N) is 4. The molecule has 0 aliphatic carbocycles. The number of benzene rings is 2. The van der Waals surface area contributed by atoms with Crippen LogP contribution in [0.25, 0.3) is 22.0 Å². The van der Waals surface area contributed by atoms with Crippen molar-refractivity contribution in [3.8, 4) is 11.3 Å². The fraction of sp³-hybridized carbons (Fsp3) is 0.368. The molecule has 2 aliphatic rings. The molecule has 10 heteroatoms. The van der Waals surface area contributed by atoms with Gasteiger partial charge < -0.3 is 25.8 Å². The Hall–Kier alpha value is -4.80. The van der Waals surface area contributed by atoms with Crippen LogP contribution in [0.3, 0.4) is 0 Å². The molecule has 0 spiro atoms. The second-order valence-electron chi connectivity index (χ2n) is 12.9. The summed E-state index contributed by atoms with van der Waals surface area (Å²) >= 11 is 0. The summed E-state index contributed by atoms with van der Waals surface area (Å²) in [5.74, 6) is 3.04. The molecule has 4 N–H and O–H groups in total. The molecule has 3 heterocycles. The quantitative estimate of drug-likeness (QED) is 0.208. The molecule has 1 amide bonds. The first-order chi connectivity index (χ1) is 23.2. The lowest BCUT2D eigenvalue weighted by atomic mass is 9.98. The minimum absolute atomic E-state index is 0.155. The minimum atomic E-state index is -0.155. The Kier molecular flexibility index (Phi) is 11.8. The minimum Gasteiger partial charge on any atom is -0.323 e. The number of amides is 1. The molecule has 2 aliphatic heterocycles. The van der Waals surface area contributed by atoms with Crippen LogP contribution in [0.4, 0.5) is 5.69 Å². The Bertz CT molecular complexity index is 1730. The van der Waals surface area contributed by atoms with Crippen LogP contribution >= 0.6 is 0 Å². The van der Waals surface area contributed by atoms with Gasteiger partial charge in [0.05, 0.1) is 12.2 Å². The van der Waals surface area contributed by atoms with E-state index in [1.54, 1.807) is 6.08 Å². The number of guanidine groups is 2. The van der Waals surface area contributed by atoms with Crippen LogP contribution in [0.5, 0.6) is 0 Å². The zero-order chi connectivity index (χ0) is 34.0. The standard InChI is InChI=1S/C38H49N9O/c1-7-31(26(2)3)36-44-37(41-24-27-16-19-39-20-17-27)45-38(47(36)6)42-25-29-11-8-9-12-32(29)35-33-15-14-30(23-28(33)18-21-40-35)43-34(48)13-10-22-46(4)5/h7-15,18,21,23,26-27,39H,1,16-17,19-20,22,24-25H2,2-6H3,(H,43,48)(H2,41,42,44,45)/b13-10+,36-31+. The van der Waals surface area contributed by atoms with Crippen LogP contribution in [0, 0.1) is 11.8 Å². The Labute approximate surface area is 284 Å². The van der Waals surface area contributed by atoms with E-state index in [1.807, 2.05) is 85.7 Å². The molecule has 252 valence electrons. The summed E-state index contributed by atoms with van der Waals surface area (Å²) in [7, 11) is 5.94. The maximum atomic E-state index is 12.5. The van der Waals surface area contributed by atoms with Gasteiger partial charge in [-0.2, -0.15) is 0 Å². The summed E-state index contributed by atoms with van der Waals surface area (Å²) in [6.45, 7) is 12.4. The second kappa shape index (κ2) is 16.3. The van der Waals surface area contributed by atoms with E-state index in [-0.39, 0.29) is 11.8 Å². The molecule has 2 saturated heterocycles. The van der Waals surface area contributed by atoms with Gasteiger partial charge in [0, 0.05) is 49.0 Å². The number of likely N-dealkylation sites (N-methyl/N-ethyl adjacent to an activating group) is 1. The third-order valence-electron chi connectivity index (χ3n) is 8.65. The van der Waals surface area contributed by atoms with Crippen molar-refractivity contribution in [2.75, 3.05) is 52.6 Å². The molecule has 0 atom stereocenters. The molecule has 1 aromatic heterocycles. The van der Waals surface area contributed by atoms with Crippen LogP contribution in [0.15, 0.2) is 101 Å². The predicted octanol–water partition coefficient (Wildman–Crippen LogP) is 5.35. The largest absolute Gasteiger partial charge is 0.323 e. The first kappa shape index (κ1) is 34.5. The van der Waals surface area contributed by atoms with E-state index in [0.717, 1.165) is 77.2 Å². The van der Waals surface area contributed by atoms with Gasteiger partial charge >= 0.3 is 0 Å². The Morgan fingerprint density at radius 2 is 1.92 bits per heavy atom. The van der Waals surface area contributed by atoms with Crippen molar-refractivity contribution in [1.29, 1.82) is 0 Å². The number of pyridine rings is 1. The van der Waals surface area contributed by atoms with Gasteiger partial charge in [-0.05, 0) is 86.6 Å². The Balaban J connectivity index is 1.42. The lowest BCUT2D eigenvalue weighted by Gasteiger charge is -2.34. The average Bonchev–Trinajstić information content (AvgIpc) is 3.08. The number of piperidine rings is 1. The van der Waals surface area contributed by atoms with E-state index in [4.69, 9.17) is 15.0 Å². The summed E-state index contributed by atoms with van der Waals surface area (Å²) < 4.78 is 0. The molecule has 0 bridgehead atoms. The molecule has 2 fully saturated rings. The lowest BCUT2D eigenvalue weighted by molar-refractivity contribution is -0.111. The van der Waals surface area contributed by atoms with Crippen molar-refractivity contribution < 1.29 is 4.79 Å². The van der Waals surface area contributed by atoms with Crippen molar-refractivity contribution in [2.24, 2.45) is 21.8 Å². The normalized spacial score (nSPS) is 18.5. The number of carbonyl (C=O) groups is 1. The zero-order valence-electron chi connectivity index (χ0n) is 28.9. The van der Waals surface area contributed by atoms with Gasteiger partial charge in [-0.25, -0.2) is 4.99 Å². The fourth-order valence-corrected chi connectivity index (χ4v) is 5.98. The number of rotatable bonds is 11. The van der Waals surface area contributed by atoms with Gasteiger partial charge in [0.2, 0.25) is 17.8 Å². The first-order valence-corrected chi connectivity index (χ1v) is 16.8. The zero-order valence-corrected chi connectivity index (χ0v) is 28.9. The molecule has 48 heavy (non-hydrogen) atoms. The van der Waals surface area contributed by atoms with E-state index in [0.29, 0.717) is 30.9 Å². The number of aliphatic imine (C=N–C) groups is 2. The summed E-state index contributed by atoms with van der Waals surface area (Å²) in [5.41, 5.74) is 4.77. The van der Waals surface area contributed by atoms with E-state index in [1.165, 1.54) is 0 Å². The highest BCUT2D eigenvalue weighted by molar-refractivity contribution is 6.04. The van der Waals surface area contributed by atoms with Crippen LogP contribution < -0.4 is 21.3 Å². The van der Waals surface area contributed by atoms with Gasteiger partial charge in [0.25, 0.3) is 0 Å². The molecule has 3 aromatic rings. The Morgan fingerprint density at radius 1 is 1.12 bits per heavy atom. The molecular formula is C38H49N9O. The van der Waals surface area contributed by atoms with E-state index in [9.17, 15) is 4.79 Å². The Morgan fingerprint density at radius 3 is 2.67 bits per heavy atom. The average molecular weight is 648 g/mol. The number of carbonyl (C=O) groups excluding carboxylic acids is 1. The summed E-state index contributed by atoms with van der Waals surface area (Å²) in [6, 6.07) is 16.2. The molecule has 0 saturated carbocycles. The third kappa shape index (κ3) is 8.76. The highest BCUT2D eigenvalue weighted by atomic mass is 16.1. The number of anilines is 1. The molecule has 2 aromatic carbocycles. The van der Waals surface area contributed by atoms with Gasteiger partial charge in [0.15, 0.2) is 0 Å². The molecule has 5 rings (SSSR count). The van der Waals surface area contributed by atoms with Crippen molar-refractivity contribution in [2.45, 2.75) is 33.2 Å². The number of nitrogens with zero attached hydrogens (tertiary/aromatic N) is 5. The number of hydrogen-bond acceptors (Lipinski definition) is 6. The SMILES string of the molecule is C=C/C(=C1/NC(=NCC2CCNCC2)NC(=NCc2ccccc2-c2nccc3cc(NC(=O)/C=C/CN(C)C)ccc23)N1C)C(C)C. The van der Waals surface area contributed by atoms with Gasteiger partial charge in [0.1, 0.15) is 5.82 Å². The van der Waals surface area contributed by atoms with Gasteiger partial charge in [-0.1, -0.05) is 62.9 Å². The smallest absolute Gasteiger partial charge is 0.248 e. The van der Waals surface area contributed by atoms with Crippen LogP contribution in [0.1, 0.15) is 32.3 Å². The van der Waals surface area contributed by atoms with Crippen molar-refractivity contribution in [3.63, 3.8) is 0 Å². The number of allylic oxidation sites excluding steroid dienone is 2. The van der Waals surface area contributed by atoms with E-state index >= 15 is 0 Å².